The molecule has 2 aromatic heterocycles. The molecule has 8 heteroatoms. The molecule has 2 amide bonds. The molecule has 0 spiro atoms. The Balaban J connectivity index is 1.54. The number of hydrogen-bond acceptors (Lipinski definition) is 5. The monoisotopic (exact) mass is 387 g/mol. The number of amides is 2. The van der Waals surface area contributed by atoms with Gasteiger partial charge in [-0.05, 0) is 32.8 Å². The third kappa shape index (κ3) is 3.39. The maximum atomic E-state index is 13.2. The summed E-state index contributed by atoms with van der Waals surface area (Å²) in [6, 6.07) is 2.08. The highest BCUT2D eigenvalue weighted by Gasteiger charge is 2.33. The summed E-state index contributed by atoms with van der Waals surface area (Å²) in [6.45, 7) is 7.29. The van der Waals surface area contributed by atoms with Crippen molar-refractivity contribution in [1.82, 2.24) is 24.7 Å². The Morgan fingerprint density at radius 1 is 1.33 bits per heavy atom. The summed E-state index contributed by atoms with van der Waals surface area (Å²) in [5.41, 5.74) is 2.67. The smallest absolute Gasteiger partial charge is 0.255 e. The second-order valence-corrected chi connectivity index (χ2v) is 8.12. The van der Waals surface area contributed by atoms with Crippen LogP contribution in [0.4, 0.5) is 0 Å². The average molecular weight is 388 g/mol. The van der Waals surface area contributed by atoms with E-state index >= 15 is 0 Å². The third-order valence-corrected chi connectivity index (χ3v) is 6.28. The molecular weight excluding hydrogens is 362 g/mol. The molecule has 2 aliphatic rings. The first-order valence-electron chi connectivity index (χ1n) is 9.44. The maximum absolute atomic E-state index is 13.2. The van der Waals surface area contributed by atoms with Gasteiger partial charge in [-0.15, -0.1) is 11.3 Å². The van der Waals surface area contributed by atoms with Gasteiger partial charge in [0, 0.05) is 55.2 Å². The number of nitrogens with zero attached hydrogens (tertiary/aromatic N) is 4. The lowest BCUT2D eigenvalue weighted by atomic mass is 10.0. The molecule has 27 heavy (non-hydrogen) atoms. The van der Waals surface area contributed by atoms with Crippen molar-refractivity contribution in [3.05, 3.63) is 34.6 Å². The molecule has 2 aliphatic heterocycles. The van der Waals surface area contributed by atoms with Crippen LogP contribution in [0.15, 0.2) is 17.6 Å². The van der Waals surface area contributed by atoms with Gasteiger partial charge in [0.25, 0.3) is 5.91 Å². The van der Waals surface area contributed by atoms with Gasteiger partial charge in [0.1, 0.15) is 0 Å². The predicted octanol–water partition coefficient (Wildman–Crippen LogP) is 1.59. The summed E-state index contributed by atoms with van der Waals surface area (Å²) in [6.07, 6.45) is 3.67. The molecule has 1 N–H and O–H groups in total. The number of thiazole rings is 1. The van der Waals surface area contributed by atoms with Gasteiger partial charge in [-0.3, -0.25) is 14.2 Å². The highest BCUT2D eigenvalue weighted by atomic mass is 32.1. The van der Waals surface area contributed by atoms with E-state index in [0.29, 0.717) is 13.1 Å². The van der Waals surface area contributed by atoms with Crippen LogP contribution in [0, 0.1) is 13.8 Å². The van der Waals surface area contributed by atoms with Crippen LogP contribution in [0.25, 0.3) is 5.13 Å². The molecule has 0 aromatic carbocycles. The number of piperidine rings is 1. The fourth-order valence-corrected chi connectivity index (χ4v) is 4.92. The minimum atomic E-state index is 0.0539. The number of likely N-dealkylation sites (tertiary alicyclic amines) is 1. The Morgan fingerprint density at radius 2 is 2.19 bits per heavy atom. The van der Waals surface area contributed by atoms with Gasteiger partial charge in [-0.1, -0.05) is 0 Å². The Labute approximate surface area is 163 Å². The third-order valence-electron chi connectivity index (χ3n) is 5.52. The molecule has 144 valence electrons. The van der Waals surface area contributed by atoms with Crippen LogP contribution >= 0.6 is 11.3 Å². The van der Waals surface area contributed by atoms with Crippen LogP contribution in [0.3, 0.4) is 0 Å². The van der Waals surface area contributed by atoms with Crippen LogP contribution in [0.2, 0.25) is 0 Å². The fourth-order valence-electron chi connectivity index (χ4n) is 4.17. The molecule has 0 aliphatic carbocycles. The van der Waals surface area contributed by atoms with Crippen LogP contribution in [0.1, 0.15) is 34.6 Å². The van der Waals surface area contributed by atoms with Crippen molar-refractivity contribution < 1.29 is 9.59 Å². The normalized spacial score (nSPS) is 21.0. The van der Waals surface area contributed by atoms with Gasteiger partial charge in [-0.25, -0.2) is 4.98 Å². The first kappa shape index (κ1) is 18.2. The molecule has 0 bridgehead atoms. The number of aromatic nitrogens is 2. The minimum absolute atomic E-state index is 0.0539. The van der Waals surface area contributed by atoms with Crippen molar-refractivity contribution in [3.8, 4) is 5.13 Å². The fraction of sp³-hybridized carbons (Fsp3) is 0.526. The molecule has 0 saturated carbocycles. The van der Waals surface area contributed by atoms with Gasteiger partial charge >= 0.3 is 0 Å². The molecule has 0 radical (unpaired) electrons. The minimum Gasteiger partial charge on any atom is -0.337 e. The molecule has 1 unspecified atom stereocenters. The summed E-state index contributed by atoms with van der Waals surface area (Å²) < 4.78 is 2.04. The molecule has 1 atom stereocenters. The van der Waals surface area contributed by atoms with E-state index in [-0.39, 0.29) is 17.9 Å². The van der Waals surface area contributed by atoms with E-state index in [0.717, 1.165) is 54.6 Å². The number of hydrogen-bond donors (Lipinski definition) is 1. The molecule has 2 aromatic rings. The molecular formula is C19H25N5O2S. The summed E-state index contributed by atoms with van der Waals surface area (Å²) in [5, 5.41) is 5.94. The Morgan fingerprint density at radius 3 is 2.93 bits per heavy atom. The second kappa shape index (κ2) is 7.44. The molecule has 4 heterocycles. The van der Waals surface area contributed by atoms with Crippen molar-refractivity contribution in [2.24, 2.45) is 0 Å². The van der Waals surface area contributed by atoms with Crippen LogP contribution in [0.5, 0.6) is 0 Å². The van der Waals surface area contributed by atoms with Gasteiger partial charge in [-0.2, -0.15) is 0 Å². The average Bonchev–Trinajstić information content (AvgIpc) is 3.29. The first-order valence-corrected chi connectivity index (χ1v) is 10.3. The van der Waals surface area contributed by atoms with E-state index in [1.165, 1.54) is 0 Å². The lowest BCUT2D eigenvalue weighted by molar-refractivity contribution is -0.135. The zero-order chi connectivity index (χ0) is 19.0. The lowest BCUT2D eigenvalue weighted by Gasteiger charge is -2.41. The maximum Gasteiger partial charge on any atom is 0.255 e. The molecule has 2 saturated heterocycles. The van der Waals surface area contributed by atoms with Crippen LogP contribution < -0.4 is 5.32 Å². The Bertz CT molecular complexity index is 845. The van der Waals surface area contributed by atoms with Gasteiger partial charge in [0.15, 0.2) is 5.13 Å². The lowest BCUT2D eigenvalue weighted by Crippen LogP contribution is -2.57. The topological polar surface area (TPSA) is 70.5 Å². The summed E-state index contributed by atoms with van der Waals surface area (Å²) in [4.78, 5) is 33.7. The van der Waals surface area contributed by atoms with E-state index in [1.54, 1.807) is 17.5 Å². The largest absolute Gasteiger partial charge is 0.337 e. The van der Waals surface area contributed by atoms with E-state index < -0.39 is 0 Å². The van der Waals surface area contributed by atoms with Crippen molar-refractivity contribution in [3.63, 3.8) is 0 Å². The summed E-state index contributed by atoms with van der Waals surface area (Å²) >= 11 is 1.56. The SMILES string of the molecule is Cc1cc(C(=O)N2CCCC(N3CCNCC3=O)C2)c(C)n1-c1nccs1. The highest BCUT2D eigenvalue weighted by Crippen LogP contribution is 2.25. The summed E-state index contributed by atoms with van der Waals surface area (Å²) in [7, 11) is 0. The number of aryl methyl sites for hydroxylation is 1. The van der Waals surface area contributed by atoms with Gasteiger partial charge < -0.3 is 15.1 Å². The second-order valence-electron chi connectivity index (χ2n) is 7.25. The molecule has 7 nitrogen and oxygen atoms in total. The standard InChI is InChI=1S/C19H25N5O2S/c1-13-10-16(14(2)24(13)19-21-6-9-27-19)18(26)22-7-3-4-15(12-22)23-8-5-20-11-17(23)25/h6,9-10,15,20H,3-5,7-8,11-12H2,1-2H3. The molecule has 2 fully saturated rings. The van der Waals surface area contributed by atoms with E-state index in [4.69, 9.17) is 0 Å². The number of piperazine rings is 1. The first-order chi connectivity index (χ1) is 13.1. The Hall–Kier alpha value is -2.19. The van der Waals surface area contributed by atoms with E-state index in [9.17, 15) is 9.59 Å². The van der Waals surface area contributed by atoms with Crippen molar-refractivity contribution in [2.75, 3.05) is 32.7 Å². The van der Waals surface area contributed by atoms with Crippen molar-refractivity contribution >= 4 is 23.2 Å². The van der Waals surface area contributed by atoms with Crippen molar-refractivity contribution in [1.29, 1.82) is 0 Å². The number of carbonyl (C=O) groups is 2. The van der Waals surface area contributed by atoms with Crippen LogP contribution in [-0.4, -0.2) is 69.9 Å². The number of rotatable bonds is 3. The van der Waals surface area contributed by atoms with Crippen molar-refractivity contribution in [2.45, 2.75) is 32.7 Å². The van der Waals surface area contributed by atoms with E-state index in [1.807, 2.05) is 39.7 Å². The summed E-state index contributed by atoms with van der Waals surface area (Å²) in [5.74, 6) is 0.195. The van der Waals surface area contributed by atoms with Crippen LogP contribution in [-0.2, 0) is 4.79 Å². The quantitative estimate of drug-likeness (QED) is 0.868. The number of carbonyl (C=O) groups excluding carboxylic acids is 2. The zero-order valence-corrected chi connectivity index (χ0v) is 16.6. The van der Waals surface area contributed by atoms with Gasteiger partial charge in [0.2, 0.25) is 5.91 Å². The zero-order valence-electron chi connectivity index (χ0n) is 15.8. The highest BCUT2D eigenvalue weighted by molar-refractivity contribution is 7.12. The Kier molecular flexibility index (Phi) is 5.01. The van der Waals surface area contributed by atoms with E-state index in [2.05, 4.69) is 10.3 Å². The number of nitrogens with one attached hydrogen (secondary N) is 1. The molecule has 4 rings (SSSR count). The van der Waals surface area contributed by atoms with Gasteiger partial charge in [0.05, 0.1) is 12.1 Å². The predicted molar refractivity (Wildman–Crippen MR) is 104 cm³/mol.